The number of amides is 3. The Labute approximate surface area is 138 Å². The molecule has 0 aliphatic carbocycles. The van der Waals surface area contributed by atoms with Crippen LogP contribution < -0.4 is 16.4 Å². The minimum atomic E-state index is -0.684. The van der Waals surface area contributed by atoms with Crippen LogP contribution in [0.1, 0.15) is 10.4 Å². The summed E-state index contributed by atoms with van der Waals surface area (Å²) in [5, 5.41) is 5.04. The van der Waals surface area contributed by atoms with E-state index in [1.54, 1.807) is 6.07 Å². The SMILES string of the molecule is NC(=O)c1ccc(Br)cc1NC(=O)Nc1cc(F)cc(Cl)c1. The van der Waals surface area contributed by atoms with Gasteiger partial charge in [0.25, 0.3) is 5.91 Å². The zero-order valence-corrected chi connectivity index (χ0v) is 13.3. The Morgan fingerprint density at radius 3 is 2.50 bits per heavy atom. The van der Waals surface area contributed by atoms with Gasteiger partial charge in [0.1, 0.15) is 5.82 Å². The first-order chi connectivity index (χ1) is 10.3. The number of anilines is 2. The van der Waals surface area contributed by atoms with Crippen molar-refractivity contribution >= 4 is 50.8 Å². The lowest BCUT2D eigenvalue weighted by molar-refractivity contribution is 0.100. The number of carbonyl (C=O) groups excluding carboxylic acids is 2. The molecule has 0 aromatic heterocycles. The van der Waals surface area contributed by atoms with Crippen molar-refractivity contribution in [2.24, 2.45) is 5.73 Å². The number of primary amides is 1. The highest BCUT2D eigenvalue weighted by atomic mass is 79.9. The van der Waals surface area contributed by atoms with Crippen molar-refractivity contribution in [3.05, 3.63) is 57.3 Å². The van der Waals surface area contributed by atoms with E-state index in [1.807, 2.05) is 0 Å². The van der Waals surface area contributed by atoms with E-state index in [0.29, 0.717) is 4.47 Å². The number of benzene rings is 2. The summed E-state index contributed by atoms with van der Waals surface area (Å²) in [5.74, 6) is -1.26. The first kappa shape index (κ1) is 16.3. The maximum atomic E-state index is 13.2. The Morgan fingerprint density at radius 2 is 1.86 bits per heavy atom. The Morgan fingerprint density at radius 1 is 1.14 bits per heavy atom. The molecule has 2 rings (SSSR count). The maximum absolute atomic E-state index is 13.2. The topological polar surface area (TPSA) is 84.2 Å². The van der Waals surface area contributed by atoms with Crippen LogP contribution in [0.25, 0.3) is 0 Å². The summed E-state index contributed by atoms with van der Waals surface area (Å²) in [6.45, 7) is 0. The quantitative estimate of drug-likeness (QED) is 0.745. The average molecular weight is 387 g/mol. The lowest BCUT2D eigenvalue weighted by Gasteiger charge is -2.11. The number of urea groups is 1. The predicted molar refractivity (Wildman–Crippen MR) is 86.7 cm³/mol. The molecule has 0 radical (unpaired) electrons. The van der Waals surface area contributed by atoms with Gasteiger partial charge in [-0.25, -0.2) is 9.18 Å². The number of carbonyl (C=O) groups is 2. The van der Waals surface area contributed by atoms with Crippen molar-refractivity contribution in [2.45, 2.75) is 0 Å². The maximum Gasteiger partial charge on any atom is 0.323 e. The fourth-order valence-corrected chi connectivity index (χ4v) is 2.33. The predicted octanol–water partition coefficient (Wildman–Crippen LogP) is 3.98. The minimum absolute atomic E-state index is 0.149. The van der Waals surface area contributed by atoms with Crippen molar-refractivity contribution in [1.82, 2.24) is 0 Å². The number of hydrogen-bond acceptors (Lipinski definition) is 2. The van der Waals surface area contributed by atoms with Gasteiger partial charge in [0.2, 0.25) is 0 Å². The van der Waals surface area contributed by atoms with Crippen LogP contribution in [0.4, 0.5) is 20.6 Å². The van der Waals surface area contributed by atoms with Gasteiger partial charge in [-0.1, -0.05) is 27.5 Å². The van der Waals surface area contributed by atoms with Crippen LogP contribution in [0.15, 0.2) is 40.9 Å². The van der Waals surface area contributed by atoms with E-state index in [2.05, 4.69) is 26.6 Å². The van der Waals surface area contributed by atoms with Gasteiger partial charge in [0, 0.05) is 15.2 Å². The Balaban J connectivity index is 2.18. The molecule has 0 fully saturated rings. The summed E-state index contributed by atoms with van der Waals surface area (Å²) >= 11 is 8.93. The van der Waals surface area contributed by atoms with E-state index in [4.69, 9.17) is 17.3 Å². The van der Waals surface area contributed by atoms with Crippen LogP contribution in [0.3, 0.4) is 0 Å². The average Bonchev–Trinajstić information content (AvgIpc) is 2.36. The van der Waals surface area contributed by atoms with Crippen LogP contribution in [0.5, 0.6) is 0 Å². The normalized spacial score (nSPS) is 10.1. The third-order valence-corrected chi connectivity index (χ3v) is 3.33. The fourth-order valence-electron chi connectivity index (χ4n) is 1.75. The molecule has 0 aliphatic rings. The molecule has 8 heteroatoms. The molecular weight excluding hydrogens is 377 g/mol. The van der Waals surface area contributed by atoms with Gasteiger partial charge >= 0.3 is 6.03 Å². The van der Waals surface area contributed by atoms with Gasteiger partial charge < -0.3 is 16.4 Å². The molecular formula is C14H10BrClFN3O2. The molecule has 5 nitrogen and oxygen atoms in total. The second-order valence-electron chi connectivity index (χ2n) is 4.29. The smallest absolute Gasteiger partial charge is 0.323 e. The first-order valence-corrected chi connectivity index (χ1v) is 7.15. The fraction of sp³-hybridized carbons (Fsp3) is 0. The second kappa shape index (κ2) is 6.76. The van der Waals surface area contributed by atoms with Gasteiger partial charge in [-0.05, 0) is 36.4 Å². The summed E-state index contributed by atoms with van der Waals surface area (Å²) in [4.78, 5) is 23.3. The van der Waals surface area contributed by atoms with Gasteiger partial charge in [-0.2, -0.15) is 0 Å². The number of nitrogens with two attached hydrogens (primary N) is 1. The third kappa shape index (κ3) is 4.19. The van der Waals surface area contributed by atoms with Crippen LogP contribution in [0.2, 0.25) is 5.02 Å². The highest BCUT2D eigenvalue weighted by molar-refractivity contribution is 9.10. The highest BCUT2D eigenvalue weighted by Gasteiger charge is 2.12. The van der Waals surface area contributed by atoms with Crippen molar-refractivity contribution < 1.29 is 14.0 Å². The van der Waals surface area contributed by atoms with Gasteiger partial charge in [-0.3, -0.25) is 4.79 Å². The van der Waals surface area contributed by atoms with E-state index in [-0.39, 0.29) is 22.0 Å². The number of rotatable bonds is 3. The molecule has 0 aliphatic heterocycles. The number of halogens is 3. The zero-order chi connectivity index (χ0) is 16.3. The lowest BCUT2D eigenvalue weighted by Crippen LogP contribution is -2.22. The molecule has 0 saturated heterocycles. The van der Waals surface area contributed by atoms with Gasteiger partial charge in [0.05, 0.1) is 11.3 Å². The molecule has 114 valence electrons. The molecule has 0 spiro atoms. The molecule has 0 bridgehead atoms. The standard InChI is InChI=1S/C14H10BrClFN3O2/c15-7-1-2-11(13(18)21)12(3-7)20-14(22)19-10-5-8(16)4-9(17)6-10/h1-6H,(H2,18,21)(H2,19,20,22). The highest BCUT2D eigenvalue weighted by Crippen LogP contribution is 2.22. The molecule has 22 heavy (non-hydrogen) atoms. The minimum Gasteiger partial charge on any atom is -0.366 e. The number of hydrogen-bond donors (Lipinski definition) is 3. The molecule has 0 atom stereocenters. The van der Waals surface area contributed by atoms with Gasteiger partial charge in [0.15, 0.2) is 0 Å². The van der Waals surface area contributed by atoms with Crippen molar-refractivity contribution in [3.8, 4) is 0 Å². The molecule has 2 aromatic rings. The second-order valence-corrected chi connectivity index (χ2v) is 5.64. The Kier molecular flexibility index (Phi) is 4.99. The summed E-state index contributed by atoms with van der Waals surface area (Å²) in [6.07, 6.45) is 0. The largest absolute Gasteiger partial charge is 0.366 e. The monoisotopic (exact) mass is 385 g/mol. The van der Waals surface area contributed by atoms with Crippen molar-refractivity contribution in [3.63, 3.8) is 0 Å². The van der Waals surface area contributed by atoms with Crippen LogP contribution in [0, 0.1) is 5.82 Å². The van der Waals surface area contributed by atoms with Crippen molar-refractivity contribution in [1.29, 1.82) is 0 Å². The van der Waals surface area contributed by atoms with E-state index < -0.39 is 17.8 Å². The third-order valence-electron chi connectivity index (χ3n) is 2.62. The van der Waals surface area contributed by atoms with Gasteiger partial charge in [-0.15, -0.1) is 0 Å². The van der Waals surface area contributed by atoms with Crippen LogP contribution >= 0.6 is 27.5 Å². The van der Waals surface area contributed by atoms with E-state index in [0.717, 1.165) is 12.1 Å². The zero-order valence-electron chi connectivity index (χ0n) is 11.0. The van der Waals surface area contributed by atoms with Crippen molar-refractivity contribution in [2.75, 3.05) is 10.6 Å². The Bertz CT molecular complexity index is 735. The lowest BCUT2D eigenvalue weighted by atomic mass is 10.1. The molecule has 2 aromatic carbocycles. The van der Waals surface area contributed by atoms with Crippen LogP contribution in [-0.2, 0) is 0 Å². The summed E-state index contributed by atoms with van der Waals surface area (Å²) < 4.78 is 13.9. The summed E-state index contributed by atoms with van der Waals surface area (Å²) in [6, 6.07) is 7.57. The number of nitrogens with one attached hydrogen (secondary N) is 2. The molecule has 0 heterocycles. The van der Waals surface area contributed by atoms with E-state index in [1.165, 1.54) is 18.2 Å². The van der Waals surface area contributed by atoms with E-state index >= 15 is 0 Å². The molecule has 3 amide bonds. The van der Waals surface area contributed by atoms with Crippen LogP contribution in [-0.4, -0.2) is 11.9 Å². The summed E-state index contributed by atoms with van der Waals surface area (Å²) in [7, 11) is 0. The van der Waals surface area contributed by atoms with E-state index in [9.17, 15) is 14.0 Å². The Hall–Kier alpha value is -2.12. The first-order valence-electron chi connectivity index (χ1n) is 5.98. The molecule has 4 N–H and O–H groups in total. The molecule has 0 saturated carbocycles. The molecule has 0 unspecified atom stereocenters. The summed E-state index contributed by atoms with van der Waals surface area (Å²) in [5.41, 5.74) is 5.79.